The number of nitrogens with zero attached hydrogens (tertiary/aromatic N) is 1. The molecule has 1 spiro atoms. The molecule has 4 atom stereocenters. The summed E-state index contributed by atoms with van der Waals surface area (Å²) in [6.45, 7) is 4.77. The number of nitrogens with one attached hydrogen (secondary N) is 1. The first-order valence-corrected chi connectivity index (χ1v) is 8.87. The molecule has 104 valence electrons. The van der Waals surface area contributed by atoms with Crippen LogP contribution < -0.4 is 5.43 Å². The van der Waals surface area contributed by atoms with Gasteiger partial charge < -0.3 is 0 Å². The number of fused-ring (bicyclic) bond motifs is 1. The zero-order chi connectivity index (χ0) is 12.8. The molecule has 2 saturated heterocycles. The minimum Gasteiger partial charge on any atom is -0.239 e. The Balaban J connectivity index is 1.77. The van der Waals surface area contributed by atoms with Gasteiger partial charge in [0.25, 0.3) is 0 Å². The Labute approximate surface area is 126 Å². The van der Waals surface area contributed by atoms with Crippen molar-refractivity contribution in [1.82, 2.24) is 8.65 Å². The maximum Gasteiger partial charge on any atom is 0.0418 e. The third kappa shape index (κ3) is 1.80. The molecule has 2 heterocycles. The zero-order valence-electron chi connectivity index (χ0n) is 11.8. The van der Waals surface area contributed by atoms with Gasteiger partial charge in [-0.1, -0.05) is 46.0 Å². The molecule has 0 aromatic carbocycles. The maximum atomic E-state index is 3.81. The van der Waals surface area contributed by atoms with Gasteiger partial charge in [0, 0.05) is 40.4 Å². The standard InChI is InChI=1S/C15H27IN2/c1-3-5-6-8-14(4-2)9-7-10-15-11-12(13(14)15)18(16)17-15/h12-13,17H,3-11H2,1-2H3. The third-order valence-electron chi connectivity index (χ3n) is 6.11. The Morgan fingerprint density at radius 1 is 1.28 bits per heavy atom. The van der Waals surface area contributed by atoms with Gasteiger partial charge in [-0.05, 0) is 31.1 Å². The molecule has 2 bridgehead atoms. The molecule has 4 fully saturated rings. The van der Waals surface area contributed by atoms with Crippen LogP contribution in [0.4, 0.5) is 0 Å². The predicted octanol–water partition coefficient (Wildman–Crippen LogP) is 4.44. The number of hydrazine groups is 1. The van der Waals surface area contributed by atoms with E-state index in [1.807, 2.05) is 0 Å². The summed E-state index contributed by atoms with van der Waals surface area (Å²) in [5.74, 6) is 0.942. The number of hydrogen-bond acceptors (Lipinski definition) is 2. The smallest absolute Gasteiger partial charge is 0.0418 e. The summed E-state index contributed by atoms with van der Waals surface area (Å²) in [4.78, 5) is 0. The molecular weight excluding hydrogens is 335 g/mol. The van der Waals surface area contributed by atoms with E-state index in [1.165, 1.54) is 57.8 Å². The zero-order valence-corrected chi connectivity index (χ0v) is 14.0. The van der Waals surface area contributed by atoms with Gasteiger partial charge in [0.05, 0.1) is 0 Å². The molecule has 4 unspecified atom stereocenters. The van der Waals surface area contributed by atoms with Crippen LogP contribution in [0, 0.1) is 11.3 Å². The van der Waals surface area contributed by atoms with Gasteiger partial charge in [-0.2, -0.15) is 3.22 Å². The lowest BCUT2D eigenvalue weighted by atomic mass is 9.46. The van der Waals surface area contributed by atoms with Gasteiger partial charge in [0.2, 0.25) is 0 Å². The Hall–Kier alpha value is 0.650. The molecule has 18 heavy (non-hydrogen) atoms. The molecule has 3 heteroatoms. The van der Waals surface area contributed by atoms with Crippen molar-refractivity contribution in [3.8, 4) is 0 Å². The number of hydrogen-bond donors (Lipinski definition) is 1. The highest BCUT2D eigenvalue weighted by Gasteiger charge is 2.69. The van der Waals surface area contributed by atoms with E-state index in [2.05, 4.69) is 45.4 Å². The fourth-order valence-electron chi connectivity index (χ4n) is 5.25. The summed E-state index contributed by atoms with van der Waals surface area (Å²) >= 11 is 2.50. The maximum absolute atomic E-state index is 3.81. The van der Waals surface area contributed by atoms with Crippen LogP contribution in [0.2, 0.25) is 0 Å². The summed E-state index contributed by atoms with van der Waals surface area (Å²) in [7, 11) is 0. The highest BCUT2D eigenvalue weighted by molar-refractivity contribution is 14.1. The second-order valence-corrected chi connectivity index (χ2v) is 7.89. The van der Waals surface area contributed by atoms with Gasteiger partial charge in [-0.3, -0.25) is 0 Å². The Bertz CT molecular complexity index is 318. The second kappa shape index (κ2) is 4.88. The molecule has 4 rings (SSSR count). The molecule has 4 aliphatic rings. The molecule has 2 aliphatic carbocycles. The Morgan fingerprint density at radius 2 is 2.11 bits per heavy atom. The van der Waals surface area contributed by atoms with Crippen LogP contribution >= 0.6 is 22.9 Å². The van der Waals surface area contributed by atoms with Gasteiger partial charge in [-0.25, -0.2) is 5.43 Å². The van der Waals surface area contributed by atoms with Crippen LogP contribution in [0.5, 0.6) is 0 Å². The average molecular weight is 362 g/mol. The molecule has 2 saturated carbocycles. The Kier molecular flexibility index (Phi) is 3.70. The number of halogens is 1. The SMILES string of the molecule is CCCCCC1(CC)CCCC23CC(C12)N(I)N3. The fraction of sp³-hybridized carbons (Fsp3) is 1.00. The van der Waals surface area contributed by atoms with Crippen molar-refractivity contribution >= 4 is 22.9 Å². The first-order chi connectivity index (χ1) is 8.67. The number of rotatable bonds is 5. The lowest BCUT2D eigenvalue weighted by Gasteiger charge is -2.59. The topological polar surface area (TPSA) is 15.3 Å². The monoisotopic (exact) mass is 362 g/mol. The van der Waals surface area contributed by atoms with Crippen LogP contribution in [0.25, 0.3) is 0 Å². The molecule has 2 nitrogen and oxygen atoms in total. The van der Waals surface area contributed by atoms with Crippen LogP contribution in [0.15, 0.2) is 0 Å². The van der Waals surface area contributed by atoms with E-state index < -0.39 is 0 Å². The minimum atomic E-state index is 0.506. The van der Waals surface area contributed by atoms with Crippen molar-refractivity contribution in [3.63, 3.8) is 0 Å². The summed E-state index contributed by atoms with van der Waals surface area (Å²) in [5.41, 5.74) is 4.97. The minimum absolute atomic E-state index is 0.506. The van der Waals surface area contributed by atoms with Crippen LogP contribution in [-0.4, -0.2) is 14.8 Å². The predicted molar refractivity (Wildman–Crippen MR) is 84.3 cm³/mol. The first-order valence-electron chi connectivity index (χ1n) is 7.90. The van der Waals surface area contributed by atoms with E-state index in [9.17, 15) is 0 Å². The van der Waals surface area contributed by atoms with Crippen molar-refractivity contribution in [2.75, 3.05) is 0 Å². The molecule has 0 aromatic heterocycles. The summed E-state index contributed by atoms with van der Waals surface area (Å²) in [6.07, 6.45) is 12.9. The quantitative estimate of drug-likeness (QED) is 0.442. The third-order valence-corrected chi connectivity index (χ3v) is 7.07. The molecule has 2 aliphatic heterocycles. The van der Waals surface area contributed by atoms with Crippen LogP contribution in [0.3, 0.4) is 0 Å². The van der Waals surface area contributed by atoms with Crippen molar-refractivity contribution in [1.29, 1.82) is 0 Å². The van der Waals surface area contributed by atoms with Crippen LogP contribution in [-0.2, 0) is 0 Å². The highest BCUT2D eigenvalue weighted by Crippen LogP contribution is 2.65. The molecule has 0 amide bonds. The summed E-state index contributed by atoms with van der Waals surface area (Å²) in [6, 6.07) is 0.826. The van der Waals surface area contributed by atoms with E-state index in [0.29, 0.717) is 11.0 Å². The lowest BCUT2D eigenvalue weighted by Crippen LogP contribution is -2.63. The second-order valence-electron chi connectivity index (χ2n) is 6.85. The van der Waals surface area contributed by atoms with Gasteiger partial charge >= 0.3 is 0 Å². The highest BCUT2D eigenvalue weighted by atomic mass is 127. The van der Waals surface area contributed by atoms with Crippen molar-refractivity contribution in [2.24, 2.45) is 11.3 Å². The largest absolute Gasteiger partial charge is 0.239 e. The van der Waals surface area contributed by atoms with E-state index in [1.54, 1.807) is 0 Å². The van der Waals surface area contributed by atoms with Gasteiger partial charge in [0.15, 0.2) is 0 Å². The van der Waals surface area contributed by atoms with Gasteiger partial charge in [-0.15, -0.1) is 0 Å². The van der Waals surface area contributed by atoms with E-state index in [4.69, 9.17) is 0 Å². The molecular formula is C15H27IN2. The Morgan fingerprint density at radius 3 is 2.78 bits per heavy atom. The molecule has 0 aromatic rings. The number of unbranched alkanes of at least 4 members (excludes halogenated alkanes) is 2. The van der Waals surface area contributed by atoms with Crippen molar-refractivity contribution < 1.29 is 0 Å². The summed E-state index contributed by atoms with van der Waals surface area (Å²) in [5, 5.41) is 0. The molecule has 0 radical (unpaired) electrons. The average Bonchev–Trinajstić information content (AvgIpc) is 2.80. The first kappa shape index (κ1) is 13.6. The fourth-order valence-corrected chi connectivity index (χ4v) is 6.25. The van der Waals surface area contributed by atoms with Gasteiger partial charge in [0.1, 0.15) is 0 Å². The normalized spacial score (nSPS) is 46.8. The summed E-state index contributed by atoms with van der Waals surface area (Å²) < 4.78 is 2.41. The lowest BCUT2D eigenvalue weighted by molar-refractivity contribution is -0.0536. The molecule has 1 N–H and O–H groups in total. The van der Waals surface area contributed by atoms with E-state index in [0.717, 1.165) is 12.0 Å². The van der Waals surface area contributed by atoms with Crippen molar-refractivity contribution in [2.45, 2.75) is 83.2 Å². The van der Waals surface area contributed by atoms with E-state index >= 15 is 0 Å². The van der Waals surface area contributed by atoms with Crippen molar-refractivity contribution in [3.05, 3.63) is 0 Å². The van der Waals surface area contributed by atoms with E-state index in [-0.39, 0.29) is 0 Å². The van der Waals surface area contributed by atoms with Crippen LogP contribution in [0.1, 0.15) is 71.6 Å².